The van der Waals surface area contributed by atoms with E-state index in [1.54, 1.807) is 0 Å². The summed E-state index contributed by atoms with van der Waals surface area (Å²) in [5, 5.41) is 9.91. The number of aromatic nitrogens is 1. The van der Waals surface area contributed by atoms with Crippen LogP contribution in [0, 0.1) is 19.8 Å². The number of hydrogen-bond acceptors (Lipinski definition) is 4. The summed E-state index contributed by atoms with van der Waals surface area (Å²) >= 11 is 0. The van der Waals surface area contributed by atoms with Crippen LogP contribution in [-0.2, 0) is 0 Å². The molecule has 1 fully saturated rings. The van der Waals surface area contributed by atoms with Gasteiger partial charge >= 0.3 is 6.03 Å². The SMILES string of the molecule is Cc1noc(C)c1[C@H](C)CNC(=O)NC[C@H](C)N1CCC(C)CC1. The third-order valence-electron chi connectivity index (χ3n) is 5.15. The molecule has 2 amide bonds. The van der Waals surface area contributed by atoms with Crippen molar-refractivity contribution in [1.82, 2.24) is 20.7 Å². The third-order valence-corrected chi connectivity index (χ3v) is 5.15. The van der Waals surface area contributed by atoms with Gasteiger partial charge in [0.25, 0.3) is 0 Å². The van der Waals surface area contributed by atoms with E-state index < -0.39 is 0 Å². The second-order valence-corrected chi connectivity index (χ2v) is 7.30. The zero-order valence-corrected chi connectivity index (χ0v) is 15.7. The summed E-state index contributed by atoms with van der Waals surface area (Å²) in [6, 6.07) is 0.272. The van der Waals surface area contributed by atoms with Gasteiger partial charge in [0, 0.05) is 30.6 Å². The van der Waals surface area contributed by atoms with Gasteiger partial charge in [0.15, 0.2) is 0 Å². The first kappa shape index (κ1) is 18.8. The Balaban J connectivity index is 1.70. The summed E-state index contributed by atoms with van der Waals surface area (Å²) in [5.41, 5.74) is 1.99. The van der Waals surface area contributed by atoms with Crippen LogP contribution in [0.15, 0.2) is 4.52 Å². The normalized spacial score (nSPS) is 19.0. The smallest absolute Gasteiger partial charge is 0.314 e. The van der Waals surface area contributed by atoms with E-state index in [1.165, 1.54) is 12.8 Å². The van der Waals surface area contributed by atoms with Gasteiger partial charge in [0.05, 0.1) is 5.69 Å². The lowest BCUT2D eigenvalue weighted by Crippen LogP contribution is -2.47. The number of amides is 2. The molecule has 0 unspecified atom stereocenters. The van der Waals surface area contributed by atoms with Crippen molar-refractivity contribution in [3.8, 4) is 0 Å². The zero-order chi connectivity index (χ0) is 17.7. The number of piperidine rings is 1. The standard InChI is InChI=1S/C18H32N4O2/c1-12-6-8-22(9-7-12)14(3)11-20-18(23)19-10-13(2)17-15(4)21-24-16(17)5/h12-14H,6-11H2,1-5H3,(H2,19,20,23)/t13-,14+/m1/s1. The molecule has 6 nitrogen and oxygen atoms in total. The molecule has 1 saturated heterocycles. The van der Waals surface area contributed by atoms with Crippen molar-refractivity contribution >= 4 is 6.03 Å². The number of nitrogens with one attached hydrogen (secondary N) is 2. The van der Waals surface area contributed by atoms with Crippen LogP contribution in [0.5, 0.6) is 0 Å². The quantitative estimate of drug-likeness (QED) is 0.838. The summed E-state index contributed by atoms with van der Waals surface area (Å²) in [7, 11) is 0. The van der Waals surface area contributed by atoms with Crippen LogP contribution in [0.25, 0.3) is 0 Å². The van der Waals surface area contributed by atoms with E-state index in [4.69, 9.17) is 4.52 Å². The maximum absolute atomic E-state index is 12.0. The van der Waals surface area contributed by atoms with Crippen LogP contribution >= 0.6 is 0 Å². The van der Waals surface area contributed by atoms with E-state index in [0.29, 0.717) is 19.1 Å². The fourth-order valence-electron chi connectivity index (χ4n) is 3.44. The monoisotopic (exact) mass is 336 g/mol. The van der Waals surface area contributed by atoms with Crippen LogP contribution in [0.3, 0.4) is 0 Å². The molecule has 2 rings (SSSR count). The number of urea groups is 1. The van der Waals surface area contributed by atoms with E-state index in [9.17, 15) is 4.79 Å². The molecule has 0 aliphatic carbocycles. The van der Waals surface area contributed by atoms with Crippen LogP contribution in [0.2, 0.25) is 0 Å². The average Bonchev–Trinajstić information content (AvgIpc) is 2.89. The van der Waals surface area contributed by atoms with Gasteiger partial charge in [-0.15, -0.1) is 0 Å². The maximum atomic E-state index is 12.0. The minimum atomic E-state index is -0.106. The van der Waals surface area contributed by atoms with Crippen molar-refractivity contribution in [3.05, 3.63) is 17.0 Å². The van der Waals surface area contributed by atoms with Crippen molar-refractivity contribution in [3.63, 3.8) is 0 Å². The largest absolute Gasteiger partial charge is 0.361 e. The van der Waals surface area contributed by atoms with Crippen LogP contribution in [0.4, 0.5) is 4.79 Å². The first-order valence-corrected chi connectivity index (χ1v) is 9.07. The Morgan fingerprint density at radius 2 is 1.88 bits per heavy atom. The molecule has 1 aromatic heterocycles. The number of carbonyl (C=O) groups is 1. The summed E-state index contributed by atoms with van der Waals surface area (Å²) in [6.45, 7) is 13.9. The van der Waals surface area contributed by atoms with Gasteiger partial charge in [-0.05, 0) is 52.6 Å². The van der Waals surface area contributed by atoms with Gasteiger partial charge < -0.3 is 15.2 Å². The second-order valence-electron chi connectivity index (χ2n) is 7.30. The highest BCUT2D eigenvalue weighted by Crippen LogP contribution is 2.22. The van der Waals surface area contributed by atoms with Gasteiger partial charge in [-0.3, -0.25) is 4.90 Å². The number of aryl methyl sites for hydroxylation is 2. The number of likely N-dealkylation sites (tertiary alicyclic amines) is 1. The number of nitrogens with zero attached hydrogens (tertiary/aromatic N) is 2. The molecule has 2 N–H and O–H groups in total. The average molecular weight is 336 g/mol. The molecule has 24 heavy (non-hydrogen) atoms. The first-order chi connectivity index (χ1) is 11.4. The molecule has 0 spiro atoms. The highest BCUT2D eigenvalue weighted by atomic mass is 16.5. The topological polar surface area (TPSA) is 70.4 Å². The van der Waals surface area contributed by atoms with Crippen LogP contribution < -0.4 is 10.6 Å². The van der Waals surface area contributed by atoms with E-state index >= 15 is 0 Å². The molecule has 1 aromatic rings. The van der Waals surface area contributed by atoms with E-state index in [0.717, 1.165) is 36.0 Å². The maximum Gasteiger partial charge on any atom is 0.314 e. The summed E-state index contributed by atoms with van der Waals surface area (Å²) < 4.78 is 5.19. The minimum Gasteiger partial charge on any atom is -0.361 e. The Morgan fingerprint density at radius 3 is 2.46 bits per heavy atom. The van der Waals surface area contributed by atoms with Gasteiger partial charge in [-0.2, -0.15) is 0 Å². The highest BCUT2D eigenvalue weighted by Gasteiger charge is 2.21. The summed E-state index contributed by atoms with van der Waals surface area (Å²) in [6.07, 6.45) is 2.51. The number of hydrogen-bond donors (Lipinski definition) is 2. The summed E-state index contributed by atoms with van der Waals surface area (Å²) in [5.74, 6) is 1.84. The van der Waals surface area contributed by atoms with Gasteiger partial charge in [-0.1, -0.05) is 19.0 Å². The van der Waals surface area contributed by atoms with Crippen molar-refractivity contribution in [2.24, 2.45) is 5.92 Å². The fraction of sp³-hybridized carbons (Fsp3) is 0.778. The Bertz CT molecular complexity index is 516. The predicted molar refractivity (Wildman–Crippen MR) is 95.2 cm³/mol. The van der Waals surface area contributed by atoms with Crippen molar-refractivity contribution in [1.29, 1.82) is 0 Å². The number of rotatable bonds is 6. The Morgan fingerprint density at radius 1 is 1.25 bits per heavy atom. The van der Waals surface area contributed by atoms with E-state index in [1.807, 2.05) is 13.8 Å². The molecule has 2 heterocycles. The van der Waals surface area contributed by atoms with Crippen LogP contribution in [0.1, 0.15) is 56.5 Å². The highest BCUT2D eigenvalue weighted by molar-refractivity contribution is 5.73. The lowest BCUT2D eigenvalue weighted by atomic mass is 9.98. The molecule has 6 heteroatoms. The molecule has 2 atom stereocenters. The minimum absolute atomic E-state index is 0.106. The van der Waals surface area contributed by atoms with Gasteiger partial charge in [-0.25, -0.2) is 4.79 Å². The third kappa shape index (κ3) is 4.97. The molecule has 0 aromatic carbocycles. The fourth-order valence-corrected chi connectivity index (χ4v) is 3.44. The van der Waals surface area contributed by atoms with Crippen molar-refractivity contribution < 1.29 is 9.32 Å². The van der Waals surface area contributed by atoms with Gasteiger partial charge in [0.2, 0.25) is 0 Å². The molecule has 136 valence electrons. The molecule has 0 bridgehead atoms. The molecule has 0 saturated carbocycles. The van der Waals surface area contributed by atoms with E-state index in [2.05, 4.69) is 41.5 Å². The van der Waals surface area contributed by atoms with Crippen molar-refractivity contribution in [2.45, 2.75) is 59.4 Å². The molecule has 0 radical (unpaired) electrons. The Hall–Kier alpha value is -1.56. The molecule has 1 aliphatic heterocycles. The number of carbonyl (C=O) groups excluding carboxylic acids is 1. The van der Waals surface area contributed by atoms with Crippen LogP contribution in [-0.4, -0.2) is 48.3 Å². The summed E-state index contributed by atoms with van der Waals surface area (Å²) in [4.78, 5) is 14.5. The van der Waals surface area contributed by atoms with Crippen molar-refractivity contribution in [2.75, 3.05) is 26.2 Å². The lowest BCUT2D eigenvalue weighted by Gasteiger charge is -2.35. The zero-order valence-electron chi connectivity index (χ0n) is 15.7. The Kier molecular flexibility index (Phi) is 6.66. The first-order valence-electron chi connectivity index (χ1n) is 9.07. The Labute approximate surface area is 145 Å². The molecule has 1 aliphatic rings. The van der Waals surface area contributed by atoms with Gasteiger partial charge in [0.1, 0.15) is 5.76 Å². The second kappa shape index (κ2) is 8.51. The molecular formula is C18H32N4O2. The van der Waals surface area contributed by atoms with E-state index in [-0.39, 0.29) is 11.9 Å². The molecular weight excluding hydrogens is 304 g/mol. The predicted octanol–water partition coefficient (Wildman–Crippen LogP) is 2.81. The lowest BCUT2D eigenvalue weighted by molar-refractivity contribution is 0.145.